The van der Waals surface area contributed by atoms with Gasteiger partial charge in [0.15, 0.2) is 5.82 Å². The summed E-state index contributed by atoms with van der Waals surface area (Å²) in [6, 6.07) is 2.33. The number of amides is 2. The molecule has 1 fully saturated rings. The fourth-order valence-electron chi connectivity index (χ4n) is 3.18. The lowest BCUT2D eigenvalue weighted by Crippen LogP contribution is -2.50. The van der Waals surface area contributed by atoms with Crippen molar-refractivity contribution in [2.75, 3.05) is 38.0 Å². The van der Waals surface area contributed by atoms with E-state index < -0.39 is 35.0 Å². The lowest BCUT2D eigenvalue weighted by atomic mass is 10.0. The van der Waals surface area contributed by atoms with Gasteiger partial charge in [0.1, 0.15) is 5.76 Å². The monoisotopic (exact) mass is 464 g/mol. The molecule has 0 unspecified atom stereocenters. The molecule has 3 rings (SSSR count). The lowest BCUT2D eigenvalue weighted by Gasteiger charge is -2.34. The second kappa shape index (κ2) is 8.81. The summed E-state index contributed by atoms with van der Waals surface area (Å²) < 4.78 is 83.0. The van der Waals surface area contributed by atoms with E-state index in [1.807, 2.05) is 0 Å². The number of benzene rings is 1. The molecule has 0 aliphatic carbocycles. The van der Waals surface area contributed by atoms with Gasteiger partial charge >= 0.3 is 12.4 Å². The van der Waals surface area contributed by atoms with Crippen LogP contribution in [0.4, 0.5) is 32.2 Å². The smallest absolute Gasteiger partial charge is 0.360 e. The maximum Gasteiger partial charge on any atom is 0.416 e. The highest BCUT2D eigenvalue weighted by Gasteiger charge is 2.38. The van der Waals surface area contributed by atoms with Gasteiger partial charge in [-0.2, -0.15) is 26.3 Å². The minimum Gasteiger partial charge on any atom is -0.360 e. The Hall–Kier alpha value is -3.09. The number of aromatic nitrogens is 1. The number of halogens is 6. The second-order valence-electron chi connectivity index (χ2n) is 7.23. The summed E-state index contributed by atoms with van der Waals surface area (Å²) in [5, 5.41) is 6.16. The first-order valence-electron chi connectivity index (χ1n) is 9.37. The van der Waals surface area contributed by atoms with Gasteiger partial charge in [-0.25, -0.2) is 0 Å². The molecule has 1 aliphatic heterocycles. The number of carbonyl (C=O) groups is 2. The van der Waals surface area contributed by atoms with Crippen molar-refractivity contribution < 1.29 is 40.5 Å². The molecule has 1 N–H and O–H groups in total. The van der Waals surface area contributed by atoms with Crippen LogP contribution in [0.2, 0.25) is 0 Å². The zero-order valence-electron chi connectivity index (χ0n) is 16.7. The summed E-state index contributed by atoms with van der Waals surface area (Å²) in [6.45, 7) is 2.11. The quantitative estimate of drug-likeness (QED) is 0.702. The summed E-state index contributed by atoms with van der Waals surface area (Å²) in [5.41, 5.74) is -3.79. The zero-order chi connectivity index (χ0) is 23.7. The van der Waals surface area contributed by atoms with Crippen LogP contribution in [0.3, 0.4) is 0 Å². The van der Waals surface area contributed by atoms with E-state index in [0.29, 0.717) is 17.9 Å². The van der Waals surface area contributed by atoms with Crippen LogP contribution in [-0.4, -0.2) is 59.5 Å². The molecular weight excluding hydrogens is 446 g/mol. The van der Waals surface area contributed by atoms with Gasteiger partial charge in [0, 0.05) is 37.8 Å². The Morgan fingerprint density at radius 2 is 1.53 bits per heavy atom. The van der Waals surface area contributed by atoms with Crippen molar-refractivity contribution in [1.29, 1.82) is 0 Å². The van der Waals surface area contributed by atoms with Gasteiger partial charge in [-0.15, -0.1) is 0 Å². The SMILES string of the molecule is Cc1cc(NC(=O)CN2CCN(C(=O)c3cc(C(F)(F)F)cc(C(F)(F)F)c3)CC2)no1. The Balaban J connectivity index is 1.64. The first-order chi connectivity index (χ1) is 14.8. The van der Waals surface area contributed by atoms with Crippen molar-refractivity contribution in [3.8, 4) is 0 Å². The third-order valence-electron chi connectivity index (χ3n) is 4.76. The highest BCUT2D eigenvalue weighted by Crippen LogP contribution is 2.36. The van der Waals surface area contributed by atoms with Crippen LogP contribution in [0, 0.1) is 6.92 Å². The largest absolute Gasteiger partial charge is 0.416 e. The van der Waals surface area contributed by atoms with E-state index in [9.17, 15) is 35.9 Å². The maximum atomic E-state index is 13.0. The number of aryl methyl sites for hydroxylation is 1. The number of nitrogens with zero attached hydrogens (tertiary/aromatic N) is 3. The predicted molar refractivity (Wildman–Crippen MR) is 98.7 cm³/mol. The average Bonchev–Trinajstić information content (AvgIpc) is 3.10. The first-order valence-corrected chi connectivity index (χ1v) is 9.37. The summed E-state index contributed by atoms with van der Waals surface area (Å²) >= 11 is 0. The van der Waals surface area contributed by atoms with Crippen LogP contribution in [0.15, 0.2) is 28.8 Å². The van der Waals surface area contributed by atoms with Crippen LogP contribution < -0.4 is 5.32 Å². The molecule has 2 amide bonds. The summed E-state index contributed by atoms with van der Waals surface area (Å²) in [7, 11) is 0. The van der Waals surface area contributed by atoms with Gasteiger partial charge < -0.3 is 14.7 Å². The molecule has 13 heteroatoms. The number of hydrogen-bond acceptors (Lipinski definition) is 5. The third-order valence-corrected chi connectivity index (χ3v) is 4.76. The van der Waals surface area contributed by atoms with E-state index in [0.717, 1.165) is 4.90 Å². The van der Waals surface area contributed by atoms with E-state index in [2.05, 4.69) is 10.5 Å². The van der Waals surface area contributed by atoms with Crippen LogP contribution in [0.5, 0.6) is 0 Å². The average molecular weight is 464 g/mol. The first kappa shape index (κ1) is 23.6. The lowest BCUT2D eigenvalue weighted by molar-refractivity contribution is -0.143. The van der Waals surface area contributed by atoms with Gasteiger partial charge in [-0.3, -0.25) is 14.5 Å². The molecule has 1 aromatic carbocycles. The highest BCUT2D eigenvalue weighted by atomic mass is 19.4. The van der Waals surface area contributed by atoms with E-state index in [1.54, 1.807) is 11.8 Å². The molecule has 0 saturated carbocycles. The van der Waals surface area contributed by atoms with E-state index in [1.165, 1.54) is 6.07 Å². The number of hydrogen-bond donors (Lipinski definition) is 1. The molecule has 1 aromatic heterocycles. The maximum absolute atomic E-state index is 13.0. The fourth-order valence-corrected chi connectivity index (χ4v) is 3.18. The zero-order valence-corrected chi connectivity index (χ0v) is 16.7. The molecule has 0 bridgehead atoms. The topological polar surface area (TPSA) is 78.7 Å². The predicted octanol–water partition coefficient (Wildman–Crippen LogP) is 3.42. The van der Waals surface area contributed by atoms with Crippen LogP contribution >= 0.6 is 0 Å². The van der Waals surface area contributed by atoms with Gasteiger partial charge in [-0.05, 0) is 25.1 Å². The molecular formula is C19H18F6N4O3. The molecule has 0 radical (unpaired) electrons. The van der Waals surface area contributed by atoms with Crippen molar-refractivity contribution in [1.82, 2.24) is 15.0 Å². The Morgan fingerprint density at radius 3 is 2.00 bits per heavy atom. The molecule has 2 heterocycles. The van der Waals surface area contributed by atoms with Crippen LogP contribution in [-0.2, 0) is 17.1 Å². The Morgan fingerprint density at radius 1 is 0.969 bits per heavy atom. The minimum atomic E-state index is -5.04. The molecule has 1 aliphatic rings. The molecule has 0 atom stereocenters. The molecule has 1 saturated heterocycles. The third kappa shape index (κ3) is 5.78. The Kier molecular flexibility index (Phi) is 6.49. The summed E-state index contributed by atoms with van der Waals surface area (Å²) in [6.07, 6.45) is -10.1. The molecule has 0 spiro atoms. The van der Waals surface area contributed by atoms with Crippen LogP contribution in [0.25, 0.3) is 0 Å². The summed E-state index contributed by atoms with van der Waals surface area (Å²) in [5.74, 6) is -0.573. The summed E-state index contributed by atoms with van der Waals surface area (Å²) in [4.78, 5) is 27.5. The highest BCUT2D eigenvalue weighted by molar-refractivity contribution is 5.95. The van der Waals surface area contributed by atoms with Gasteiger partial charge in [-0.1, -0.05) is 5.16 Å². The van der Waals surface area contributed by atoms with Crippen molar-refractivity contribution in [2.45, 2.75) is 19.3 Å². The van der Waals surface area contributed by atoms with Crippen molar-refractivity contribution >= 4 is 17.6 Å². The van der Waals surface area contributed by atoms with Gasteiger partial charge in [0.2, 0.25) is 5.91 Å². The van der Waals surface area contributed by atoms with Gasteiger partial charge in [0.05, 0.1) is 17.7 Å². The van der Waals surface area contributed by atoms with E-state index in [4.69, 9.17) is 4.52 Å². The van der Waals surface area contributed by atoms with Crippen molar-refractivity contribution in [3.63, 3.8) is 0 Å². The number of anilines is 1. The minimum absolute atomic E-state index is 0.0241. The Labute approximate surface area is 177 Å². The second-order valence-corrected chi connectivity index (χ2v) is 7.23. The van der Waals surface area contributed by atoms with Crippen molar-refractivity contribution in [2.24, 2.45) is 0 Å². The van der Waals surface area contributed by atoms with Gasteiger partial charge in [0.25, 0.3) is 5.91 Å². The standard InChI is InChI=1S/C19H18F6N4O3/c1-11-6-15(27-32-11)26-16(30)10-28-2-4-29(5-3-28)17(31)12-7-13(18(20,21)22)9-14(8-12)19(23,24)25/h6-9H,2-5,10H2,1H3,(H,26,27,30). The van der Waals surface area contributed by atoms with E-state index in [-0.39, 0.29) is 50.5 Å². The van der Waals surface area contributed by atoms with Crippen molar-refractivity contribution in [3.05, 3.63) is 46.7 Å². The number of carbonyl (C=O) groups excluding carboxylic acids is 2. The number of rotatable bonds is 4. The molecule has 2 aromatic rings. The fraction of sp³-hybridized carbons (Fsp3) is 0.421. The molecule has 174 valence electrons. The van der Waals surface area contributed by atoms with E-state index >= 15 is 0 Å². The number of nitrogens with one attached hydrogen (secondary N) is 1. The normalized spacial score (nSPS) is 15.7. The number of piperazine rings is 1. The molecule has 7 nitrogen and oxygen atoms in total. The molecule has 32 heavy (non-hydrogen) atoms. The Bertz CT molecular complexity index is 961. The number of alkyl halides is 6. The van der Waals surface area contributed by atoms with Crippen LogP contribution in [0.1, 0.15) is 27.2 Å².